The number of allylic oxidation sites excluding steroid dienone is 4. The fourth-order valence-electron chi connectivity index (χ4n) is 2.42. The summed E-state index contributed by atoms with van der Waals surface area (Å²) < 4.78 is 0. The largest absolute Gasteiger partial charge is 0.239 e. The standard InChI is InChI=1S/C15H16N4/c1-10-6-7-11(2)14(8-10)12-4-3-5-13(9-12)15-16-18-19-17-15/h3-11H,1-2H3,(H,16,17,18,19). The lowest BCUT2D eigenvalue weighted by molar-refractivity contribution is 0.846. The van der Waals surface area contributed by atoms with Gasteiger partial charge in [-0.1, -0.05) is 50.3 Å². The van der Waals surface area contributed by atoms with Gasteiger partial charge in [-0.2, -0.15) is 0 Å². The molecular formula is C15H16N4. The number of hydrogen-bond acceptors (Lipinski definition) is 3. The van der Waals surface area contributed by atoms with Gasteiger partial charge in [-0.05, 0) is 39.5 Å². The molecular weight excluding hydrogens is 236 g/mol. The summed E-state index contributed by atoms with van der Waals surface area (Å²) in [6.45, 7) is 4.42. The van der Waals surface area contributed by atoms with E-state index in [1.54, 1.807) is 0 Å². The van der Waals surface area contributed by atoms with Crippen molar-refractivity contribution >= 4 is 5.57 Å². The molecule has 0 aliphatic heterocycles. The fourth-order valence-corrected chi connectivity index (χ4v) is 2.42. The van der Waals surface area contributed by atoms with Gasteiger partial charge in [-0.15, -0.1) is 5.10 Å². The normalized spacial score (nSPS) is 22.3. The molecule has 4 heteroatoms. The van der Waals surface area contributed by atoms with Crippen molar-refractivity contribution in [2.24, 2.45) is 11.8 Å². The number of nitrogens with zero attached hydrogens (tertiary/aromatic N) is 3. The minimum Gasteiger partial charge on any atom is -0.239 e. The summed E-state index contributed by atoms with van der Waals surface area (Å²) >= 11 is 0. The van der Waals surface area contributed by atoms with E-state index >= 15 is 0 Å². The van der Waals surface area contributed by atoms with Crippen molar-refractivity contribution in [3.63, 3.8) is 0 Å². The molecule has 1 aromatic heterocycles. The quantitative estimate of drug-likeness (QED) is 0.836. The van der Waals surface area contributed by atoms with E-state index in [-0.39, 0.29) is 0 Å². The molecule has 0 saturated heterocycles. The molecule has 3 rings (SSSR count). The number of aromatic amines is 1. The highest BCUT2D eigenvalue weighted by molar-refractivity contribution is 5.73. The Balaban J connectivity index is 2.00. The van der Waals surface area contributed by atoms with Gasteiger partial charge >= 0.3 is 0 Å². The second-order valence-corrected chi connectivity index (χ2v) is 4.99. The van der Waals surface area contributed by atoms with E-state index in [0.717, 1.165) is 5.56 Å². The molecule has 0 bridgehead atoms. The zero-order valence-corrected chi connectivity index (χ0v) is 11.0. The molecule has 96 valence electrons. The molecule has 1 heterocycles. The predicted octanol–water partition coefficient (Wildman–Crippen LogP) is 3.09. The van der Waals surface area contributed by atoms with Gasteiger partial charge in [0, 0.05) is 5.56 Å². The number of benzene rings is 1. The smallest absolute Gasteiger partial charge is 0.179 e. The molecule has 1 aliphatic carbocycles. The first-order valence-corrected chi connectivity index (χ1v) is 6.48. The number of hydrogen-bond donors (Lipinski definition) is 1. The lowest BCUT2D eigenvalue weighted by atomic mass is 9.85. The summed E-state index contributed by atoms with van der Waals surface area (Å²) in [7, 11) is 0. The number of H-pyrrole nitrogens is 1. The maximum atomic E-state index is 3.96. The van der Waals surface area contributed by atoms with Gasteiger partial charge in [-0.25, -0.2) is 5.10 Å². The lowest BCUT2D eigenvalue weighted by Gasteiger charge is -2.19. The summed E-state index contributed by atoms with van der Waals surface area (Å²) in [4.78, 5) is 0. The highest BCUT2D eigenvalue weighted by Crippen LogP contribution is 2.31. The molecule has 2 unspecified atom stereocenters. The van der Waals surface area contributed by atoms with E-state index in [1.807, 2.05) is 12.1 Å². The van der Waals surface area contributed by atoms with Crippen LogP contribution in [0, 0.1) is 11.8 Å². The third kappa shape index (κ3) is 2.34. The summed E-state index contributed by atoms with van der Waals surface area (Å²) in [6, 6.07) is 8.33. The number of rotatable bonds is 2. The zero-order chi connectivity index (χ0) is 13.2. The number of nitrogens with one attached hydrogen (secondary N) is 1. The predicted molar refractivity (Wildman–Crippen MR) is 75.1 cm³/mol. The van der Waals surface area contributed by atoms with E-state index in [9.17, 15) is 0 Å². The van der Waals surface area contributed by atoms with Crippen molar-refractivity contribution in [3.8, 4) is 11.4 Å². The number of aromatic nitrogens is 4. The van der Waals surface area contributed by atoms with Crippen molar-refractivity contribution in [3.05, 3.63) is 48.1 Å². The second-order valence-electron chi connectivity index (χ2n) is 4.99. The van der Waals surface area contributed by atoms with Crippen LogP contribution < -0.4 is 0 Å². The third-order valence-corrected chi connectivity index (χ3v) is 3.45. The molecule has 19 heavy (non-hydrogen) atoms. The summed E-state index contributed by atoms with van der Waals surface area (Å²) in [5, 5.41) is 14.0. The van der Waals surface area contributed by atoms with Crippen LogP contribution in [0.15, 0.2) is 42.5 Å². The van der Waals surface area contributed by atoms with Crippen LogP contribution in [0.25, 0.3) is 17.0 Å². The average molecular weight is 252 g/mol. The molecule has 4 nitrogen and oxygen atoms in total. The molecule has 2 aromatic rings. The van der Waals surface area contributed by atoms with Crippen LogP contribution in [0.3, 0.4) is 0 Å². The molecule has 1 N–H and O–H groups in total. The SMILES string of the molecule is CC1C=CC(C)C(c2cccc(-c3nnn[nH]3)c2)=C1. The van der Waals surface area contributed by atoms with E-state index in [1.165, 1.54) is 11.1 Å². The van der Waals surface area contributed by atoms with Crippen LogP contribution in [0.5, 0.6) is 0 Å². The van der Waals surface area contributed by atoms with Gasteiger partial charge in [-0.3, -0.25) is 0 Å². The van der Waals surface area contributed by atoms with Crippen molar-refractivity contribution in [2.75, 3.05) is 0 Å². The first-order valence-electron chi connectivity index (χ1n) is 6.48. The van der Waals surface area contributed by atoms with Gasteiger partial charge in [0.2, 0.25) is 0 Å². The Hall–Kier alpha value is -2.23. The number of tetrazole rings is 1. The van der Waals surface area contributed by atoms with Gasteiger partial charge in [0.15, 0.2) is 5.82 Å². The lowest BCUT2D eigenvalue weighted by Crippen LogP contribution is -2.03. The van der Waals surface area contributed by atoms with Gasteiger partial charge in [0.1, 0.15) is 0 Å². The van der Waals surface area contributed by atoms with Gasteiger partial charge in [0.05, 0.1) is 0 Å². The van der Waals surface area contributed by atoms with Crippen LogP contribution in [-0.4, -0.2) is 20.6 Å². The summed E-state index contributed by atoms with van der Waals surface area (Å²) in [5.41, 5.74) is 3.61. The minimum atomic E-state index is 0.444. The summed E-state index contributed by atoms with van der Waals surface area (Å²) in [6.07, 6.45) is 6.84. The van der Waals surface area contributed by atoms with E-state index in [0.29, 0.717) is 17.7 Å². The minimum absolute atomic E-state index is 0.444. The van der Waals surface area contributed by atoms with Gasteiger partial charge in [0.25, 0.3) is 0 Å². The van der Waals surface area contributed by atoms with Crippen molar-refractivity contribution < 1.29 is 0 Å². The Labute approximate surface area is 112 Å². The molecule has 0 amide bonds. The maximum absolute atomic E-state index is 3.96. The molecule has 0 radical (unpaired) electrons. The Morgan fingerprint density at radius 1 is 1.11 bits per heavy atom. The molecule has 1 aromatic carbocycles. The Kier molecular flexibility index (Phi) is 2.99. The Morgan fingerprint density at radius 2 is 1.95 bits per heavy atom. The zero-order valence-electron chi connectivity index (χ0n) is 11.0. The molecule has 0 spiro atoms. The monoisotopic (exact) mass is 252 g/mol. The topological polar surface area (TPSA) is 54.5 Å². The first kappa shape index (κ1) is 11.8. The first-order chi connectivity index (χ1) is 9.24. The highest BCUT2D eigenvalue weighted by atomic mass is 15.5. The van der Waals surface area contributed by atoms with Gasteiger partial charge < -0.3 is 0 Å². The Bertz CT molecular complexity index is 625. The van der Waals surface area contributed by atoms with Crippen molar-refractivity contribution in [2.45, 2.75) is 13.8 Å². The molecule has 2 atom stereocenters. The van der Waals surface area contributed by atoms with Crippen LogP contribution in [0.1, 0.15) is 19.4 Å². The van der Waals surface area contributed by atoms with E-state index in [2.05, 4.69) is 64.8 Å². The van der Waals surface area contributed by atoms with Crippen LogP contribution in [0.2, 0.25) is 0 Å². The van der Waals surface area contributed by atoms with Crippen LogP contribution in [0.4, 0.5) is 0 Å². The summed E-state index contributed by atoms with van der Waals surface area (Å²) in [5.74, 6) is 1.63. The van der Waals surface area contributed by atoms with Crippen LogP contribution in [-0.2, 0) is 0 Å². The third-order valence-electron chi connectivity index (χ3n) is 3.45. The maximum Gasteiger partial charge on any atom is 0.179 e. The fraction of sp³-hybridized carbons (Fsp3) is 0.267. The van der Waals surface area contributed by atoms with Crippen molar-refractivity contribution in [1.82, 2.24) is 20.6 Å². The van der Waals surface area contributed by atoms with E-state index < -0.39 is 0 Å². The Morgan fingerprint density at radius 3 is 2.74 bits per heavy atom. The molecule has 1 aliphatic rings. The van der Waals surface area contributed by atoms with Crippen molar-refractivity contribution in [1.29, 1.82) is 0 Å². The molecule has 0 saturated carbocycles. The molecule has 0 fully saturated rings. The van der Waals surface area contributed by atoms with Crippen LogP contribution >= 0.6 is 0 Å². The van der Waals surface area contributed by atoms with E-state index in [4.69, 9.17) is 0 Å². The second kappa shape index (κ2) is 4.80. The highest BCUT2D eigenvalue weighted by Gasteiger charge is 2.14. The average Bonchev–Trinajstić information content (AvgIpc) is 2.96.